The van der Waals surface area contributed by atoms with Gasteiger partial charge in [-0.3, -0.25) is 14.7 Å². The minimum Gasteiger partial charge on any atom is -0.475 e. The van der Waals surface area contributed by atoms with Crippen LogP contribution in [-0.2, 0) is 33.9 Å². The number of ether oxygens (including phenoxy) is 2. The molecule has 0 amide bonds. The predicted octanol–water partition coefficient (Wildman–Crippen LogP) is 8.75. The van der Waals surface area contributed by atoms with Crippen molar-refractivity contribution >= 4 is 27.9 Å². The number of rotatable bonds is 15. The van der Waals surface area contributed by atoms with Crippen LogP contribution in [0.2, 0.25) is 0 Å². The highest BCUT2D eigenvalue weighted by atomic mass is 32.2. The van der Waals surface area contributed by atoms with Crippen LogP contribution in [0, 0.1) is 18.3 Å². The number of anilines is 2. The van der Waals surface area contributed by atoms with E-state index in [-0.39, 0.29) is 34.0 Å². The second-order valence-corrected chi connectivity index (χ2v) is 18.6. The monoisotopic (exact) mass is 836 g/mol. The van der Waals surface area contributed by atoms with E-state index in [0.29, 0.717) is 50.0 Å². The molecule has 0 spiro atoms. The summed E-state index contributed by atoms with van der Waals surface area (Å²) in [6.07, 6.45) is 3.63. The first-order valence-electron chi connectivity index (χ1n) is 20.3. The number of benzene rings is 2. The molecule has 4 aromatic rings. The maximum atomic E-state index is 15.6. The van der Waals surface area contributed by atoms with Crippen molar-refractivity contribution in [3.05, 3.63) is 88.7 Å². The van der Waals surface area contributed by atoms with Gasteiger partial charge in [-0.1, -0.05) is 83.2 Å². The molecule has 1 aliphatic carbocycles. The van der Waals surface area contributed by atoms with Gasteiger partial charge in [-0.25, -0.2) is 18.1 Å². The van der Waals surface area contributed by atoms with Gasteiger partial charge in [0.2, 0.25) is 11.8 Å². The fourth-order valence-corrected chi connectivity index (χ4v) is 9.03. The van der Waals surface area contributed by atoms with Gasteiger partial charge >= 0.3 is 6.18 Å². The van der Waals surface area contributed by atoms with Crippen LogP contribution in [0.3, 0.4) is 0 Å². The SMILES string of the molecule is Cc1cccc(CC2CCCCC2)c1-c1nc(NS(=O)(=O)c2cccc(C=O)c2)nc(OC[C@@H](CC(C)(C)C)N(C)Cc2ccc(N3CCOCC3)cn2)c1C(F)(F)F. The number of hydrogen-bond donors (Lipinski definition) is 1. The summed E-state index contributed by atoms with van der Waals surface area (Å²) in [7, 11) is -2.58. The van der Waals surface area contributed by atoms with Crippen molar-refractivity contribution in [1.82, 2.24) is 19.9 Å². The number of pyridine rings is 1. The maximum absolute atomic E-state index is 15.6. The lowest BCUT2D eigenvalue weighted by Gasteiger charge is -2.33. The number of alkyl halides is 3. The molecular weight excluding hydrogens is 782 g/mol. The third-order valence-electron chi connectivity index (χ3n) is 11.0. The van der Waals surface area contributed by atoms with Crippen molar-refractivity contribution in [2.45, 2.75) is 96.3 Å². The van der Waals surface area contributed by atoms with Gasteiger partial charge in [-0.15, -0.1) is 0 Å². The number of halogens is 3. The van der Waals surface area contributed by atoms with Crippen molar-refractivity contribution in [1.29, 1.82) is 0 Å². The van der Waals surface area contributed by atoms with Gasteiger partial charge in [-0.2, -0.15) is 18.2 Å². The maximum Gasteiger partial charge on any atom is 0.423 e. The molecule has 1 saturated carbocycles. The van der Waals surface area contributed by atoms with Gasteiger partial charge in [0.25, 0.3) is 10.0 Å². The van der Waals surface area contributed by atoms with Gasteiger partial charge < -0.3 is 14.4 Å². The Morgan fingerprint density at radius 2 is 1.75 bits per heavy atom. The molecule has 3 heterocycles. The topological polar surface area (TPSA) is 127 Å². The zero-order chi connectivity index (χ0) is 42.4. The molecule has 0 radical (unpaired) electrons. The Hall–Kier alpha value is -4.60. The summed E-state index contributed by atoms with van der Waals surface area (Å²) < 4.78 is 88.1. The number of carbonyl (C=O) groups excluding carboxylic acids is 1. The average molecular weight is 837 g/mol. The molecule has 0 bridgehead atoms. The molecular formula is C44H55F3N6O5S. The molecule has 6 rings (SSSR count). The molecule has 1 saturated heterocycles. The molecule has 2 fully saturated rings. The number of morpholine rings is 1. The van der Waals surface area contributed by atoms with E-state index in [9.17, 15) is 13.2 Å². The zero-order valence-electron chi connectivity index (χ0n) is 34.5. The second-order valence-electron chi connectivity index (χ2n) is 16.9. The average Bonchev–Trinajstić information content (AvgIpc) is 3.19. The number of nitrogens with one attached hydrogen (secondary N) is 1. The Labute approximate surface area is 345 Å². The van der Waals surface area contributed by atoms with Crippen LogP contribution < -0.4 is 14.4 Å². The van der Waals surface area contributed by atoms with E-state index in [1.165, 1.54) is 24.3 Å². The number of aldehydes is 1. The first-order valence-corrected chi connectivity index (χ1v) is 21.8. The summed E-state index contributed by atoms with van der Waals surface area (Å²) in [5, 5.41) is 0. The minimum absolute atomic E-state index is 0.107. The summed E-state index contributed by atoms with van der Waals surface area (Å²) in [4.78, 5) is 28.6. The standard InChI is InChI=1S/C44H55F3N6O5S/c1-30-11-9-15-33(23-31-12-7-6-8-13-31)38(30)40-39(44(45,46)47)41(50-42(49-40)51-59(55,56)37-16-10-14-32(24-37)28-54)58-29-36(25-43(2,3)4)52(5)27-34-17-18-35(26-48-34)53-19-21-57-22-20-53/h9-11,14-18,24,26,28,31,36H,6-8,12-13,19-23,25,27,29H2,1-5H3,(H,49,50,51)/t36-/m1/s1. The van der Waals surface area contributed by atoms with Gasteiger partial charge in [0.1, 0.15) is 18.5 Å². The lowest BCUT2D eigenvalue weighted by molar-refractivity contribution is -0.139. The smallest absolute Gasteiger partial charge is 0.423 e. The summed E-state index contributed by atoms with van der Waals surface area (Å²) >= 11 is 0. The van der Waals surface area contributed by atoms with E-state index in [4.69, 9.17) is 14.5 Å². The van der Waals surface area contributed by atoms with Crippen LogP contribution in [0.4, 0.5) is 24.8 Å². The van der Waals surface area contributed by atoms with E-state index in [0.717, 1.165) is 56.6 Å². The van der Waals surface area contributed by atoms with E-state index in [1.807, 2.05) is 63.2 Å². The zero-order valence-corrected chi connectivity index (χ0v) is 35.3. The summed E-state index contributed by atoms with van der Waals surface area (Å²) in [6, 6.07) is 14.2. The first kappa shape index (κ1) is 44.0. The van der Waals surface area contributed by atoms with Gasteiger partial charge in [0.05, 0.1) is 41.4 Å². The number of likely N-dealkylation sites (N-methyl/N-ethyl adjacent to an activating group) is 1. The quantitative estimate of drug-likeness (QED) is 0.116. The Bertz CT molecular complexity index is 2170. The largest absolute Gasteiger partial charge is 0.475 e. The number of hydrogen-bond acceptors (Lipinski definition) is 10. The third-order valence-corrected chi connectivity index (χ3v) is 12.3. The first-order chi connectivity index (χ1) is 28.0. The van der Waals surface area contributed by atoms with Crippen LogP contribution in [0.1, 0.15) is 92.0 Å². The van der Waals surface area contributed by atoms with E-state index in [2.05, 4.69) is 19.6 Å². The van der Waals surface area contributed by atoms with Crippen molar-refractivity contribution in [2.75, 3.05) is 49.6 Å². The highest BCUT2D eigenvalue weighted by Gasteiger charge is 2.42. The van der Waals surface area contributed by atoms with Gasteiger partial charge in [0, 0.05) is 36.8 Å². The Morgan fingerprint density at radius 3 is 2.41 bits per heavy atom. The van der Waals surface area contributed by atoms with Gasteiger partial charge in [0.15, 0.2) is 0 Å². The molecule has 2 aromatic heterocycles. The lowest BCUT2D eigenvalue weighted by atomic mass is 9.82. The number of nitrogens with zero attached hydrogens (tertiary/aromatic N) is 5. The summed E-state index contributed by atoms with van der Waals surface area (Å²) in [6.45, 7) is 10.9. The van der Waals surface area contributed by atoms with Crippen LogP contribution >= 0.6 is 0 Å². The second kappa shape index (κ2) is 18.8. The number of aromatic nitrogens is 3. The number of sulfonamides is 1. The van der Waals surface area contributed by atoms with E-state index in [1.54, 1.807) is 13.0 Å². The fourth-order valence-electron chi connectivity index (χ4n) is 8.03. The van der Waals surface area contributed by atoms with Crippen LogP contribution in [0.15, 0.2) is 65.7 Å². The van der Waals surface area contributed by atoms with Gasteiger partial charge in [-0.05, 0) is 73.5 Å². The minimum atomic E-state index is -4.98. The number of carbonyl (C=O) groups is 1. The molecule has 11 nitrogen and oxygen atoms in total. The lowest BCUT2D eigenvalue weighted by Crippen LogP contribution is -2.39. The van der Waals surface area contributed by atoms with Crippen molar-refractivity contribution < 1.29 is 35.9 Å². The molecule has 2 aliphatic rings. The Kier molecular flexibility index (Phi) is 14.0. The fraction of sp³-hybridized carbons (Fsp3) is 0.500. The van der Waals surface area contributed by atoms with Crippen molar-refractivity contribution in [2.24, 2.45) is 11.3 Å². The van der Waals surface area contributed by atoms with Crippen molar-refractivity contribution in [3.8, 4) is 17.1 Å². The normalized spacial score (nSPS) is 16.3. The van der Waals surface area contributed by atoms with E-state index < -0.39 is 45.3 Å². The summed E-state index contributed by atoms with van der Waals surface area (Å²) in [5.41, 5.74) is 1.51. The third kappa shape index (κ3) is 11.6. The number of aryl methyl sites for hydroxylation is 1. The molecule has 0 unspecified atom stereocenters. The van der Waals surface area contributed by atoms with Crippen LogP contribution in [0.25, 0.3) is 11.3 Å². The van der Waals surface area contributed by atoms with Crippen LogP contribution in [0.5, 0.6) is 5.88 Å². The molecule has 318 valence electrons. The van der Waals surface area contributed by atoms with Crippen molar-refractivity contribution in [3.63, 3.8) is 0 Å². The highest BCUT2D eigenvalue weighted by Crippen LogP contribution is 2.45. The Morgan fingerprint density at radius 1 is 1.02 bits per heavy atom. The molecule has 1 atom stereocenters. The predicted molar refractivity (Wildman–Crippen MR) is 222 cm³/mol. The molecule has 1 aliphatic heterocycles. The highest BCUT2D eigenvalue weighted by molar-refractivity contribution is 7.92. The van der Waals surface area contributed by atoms with E-state index >= 15 is 13.2 Å². The van der Waals surface area contributed by atoms with Crippen LogP contribution in [-0.4, -0.2) is 80.6 Å². The molecule has 15 heteroatoms. The molecule has 2 aromatic carbocycles. The summed E-state index contributed by atoms with van der Waals surface area (Å²) in [5.74, 6) is -1.08. The molecule has 1 N–H and O–H groups in total. The Balaban J connectivity index is 1.40. The molecule has 59 heavy (non-hydrogen) atoms.